The van der Waals surface area contributed by atoms with Gasteiger partial charge in [0.1, 0.15) is 17.6 Å². The summed E-state index contributed by atoms with van der Waals surface area (Å²) in [6.07, 6.45) is 1.24. The third kappa shape index (κ3) is 3.10. The van der Waals surface area contributed by atoms with Gasteiger partial charge in [-0.1, -0.05) is 0 Å². The fraction of sp³-hybridized carbons (Fsp3) is 0.538. The summed E-state index contributed by atoms with van der Waals surface area (Å²) >= 11 is 0. The average molecular weight is 294 g/mol. The number of carboxylic acid groups (broad SMARTS) is 1. The summed E-state index contributed by atoms with van der Waals surface area (Å²) in [7, 11) is 0. The van der Waals surface area contributed by atoms with E-state index >= 15 is 0 Å². The quantitative estimate of drug-likeness (QED) is 0.652. The van der Waals surface area contributed by atoms with E-state index in [1.165, 1.54) is 12.3 Å². The maximum Gasteiger partial charge on any atom is 0.323 e. The fourth-order valence-electron chi connectivity index (χ4n) is 2.30. The number of pyridine rings is 1. The first-order valence-electron chi connectivity index (χ1n) is 6.66. The fourth-order valence-corrected chi connectivity index (χ4v) is 2.30. The molecule has 1 aliphatic rings. The Labute approximate surface area is 122 Å². The van der Waals surface area contributed by atoms with Gasteiger partial charge in [-0.25, -0.2) is 4.98 Å². The molecule has 2 heterocycles. The molecule has 1 saturated heterocycles. The van der Waals surface area contributed by atoms with E-state index in [4.69, 9.17) is 0 Å². The Kier molecular flexibility index (Phi) is 4.08. The molecule has 0 atom stereocenters. The molecule has 8 heteroatoms. The van der Waals surface area contributed by atoms with Crippen molar-refractivity contribution in [2.45, 2.75) is 19.4 Å². The van der Waals surface area contributed by atoms with Crippen molar-refractivity contribution >= 4 is 17.5 Å². The van der Waals surface area contributed by atoms with Crippen LogP contribution in [0, 0.1) is 10.1 Å². The third-order valence-electron chi connectivity index (χ3n) is 3.86. The van der Waals surface area contributed by atoms with Gasteiger partial charge in [0, 0.05) is 32.2 Å². The van der Waals surface area contributed by atoms with Crippen LogP contribution in [0.4, 0.5) is 11.5 Å². The van der Waals surface area contributed by atoms with Crippen molar-refractivity contribution in [2.24, 2.45) is 0 Å². The second-order valence-electron chi connectivity index (χ2n) is 5.47. The number of nitrogens with zero attached hydrogens (tertiary/aromatic N) is 4. The first kappa shape index (κ1) is 15.2. The Balaban J connectivity index is 2.01. The van der Waals surface area contributed by atoms with Crippen LogP contribution in [-0.2, 0) is 4.79 Å². The van der Waals surface area contributed by atoms with Gasteiger partial charge < -0.3 is 10.0 Å². The van der Waals surface area contributed by atoms with E-state index in [0.29, 0.717) is 32.0 Å². The Morgan fingerprint density at radius 3 is 2.38 bits per heavy atom. The monoisotopic (exact) mass is 294 g/mol. The minimum atomic E-state index is -0.894. The van der Waals surface area contributed by atoms with Gasteiger partial charge in [-0.05, 0) is 19.9 Å². The van der Waals surface area contributed by atoms with Gasteiger partial charge in [0.15, 0.2) is 0 Å². The molecule has 8 nitrogen and oxygen atoms in total. The van der Waals surface area contributed by atoms with Crippen LogP contribution in [0.2, 0.25) is 0 Å². The van der Waals surface area contributed by atoms with E-state index < -0.39 is 16.4 Å². The largest absolute Gasteiger partial charge is 0.480 e. The van der Waals surface area contributed by atoms with Crippen molar-refractivity contribution in [3.05, 3.63) is 28.4 Å². The molecule has 2 rings (SSSR count). The SMILES string of the molecule is CC(C)(C(=O)O)N1CCN(c2ccc([N+](=O)[O-])cn2)CC1. The first-order chi connectivity index (χ1) is 9.82. The number of aliphatic carboxylic acids is 1. The number of carboxylic acids is 1. The zero-order valence-electron chi connectivity index (χ0n) is 12.0. The summed E-state index contributed by atoms with van der Waals surface area (Å²) in [5.41, 5.74) is -0.931. The number of hydrogen-bond donors (Lipinski definition) is 1. The zero-order chi connectivity index (χ0) is 15.6. The van der Waals surface area contributed by atoms with Crippen LogP contribution in [0.1, 0.15) is 13.8 Å². The summed E-state index contributed by atoms with van der Waals surface area (Å²) in [5, 5.41) is 19.8. The molecule has 1 aliphatic heterocycles. The summed E-state index contributed by atoms with van der Waals surface area (Å²) in [6.45, 7) is 5.88. The highest BCUT2D eigenvalue weighted by Crippen LogP contribution is 2.21. The van der Waals surface area contributed by atoms with Gasteiger partial charge in [0.25, 0.3) is 5.69 Å². The maximum absolute atomic E-state index is 11.2. The lowest BCUT2D eigenvalue weighted by Crippen LogP contribution is -2.58. The lowest BCUT2D eigenvalue weighted by molar-refractivity contribution is -0.385. The molecular weight excluding hydrogens is 276 g/mol. The molecule has 1 fully saturated rings. The number of nitro groups is 1. The van der Waals surface area contributed by atoms with Crippen molar-refractivity contribution in [1.82, 2.24) is 9.88 Å². The highest BCUT2D eigenvalue weighted by Gasteiger charge is 2.36. The highest BCUT2D eigenvalue weighted by atomic mass is 16.6. The number of rotatable bonds is 4. The number of carbonyl (C=O) groups is 1. The van der Waals surface area contributed by atoms with Crippen LogP contribution in [0.15, 0.2) is 18.3 Å². The third-order valence-corrected chi connectivity index (χ3v) is 3.86. The number of anilines is 1. The van der Waals surface area contributed by atoms with Gasteiger partial charge in [0.2, 0.25) is 0 Å². The normalized spacial score (nSPS) is 16.8. The Morgan fingerprint density at radius 1 is 1.33 bits per heavy atom. The molecule has 1 N–H and O–H groups in total. The van der Waals surface area contributed by atoms with Crippen LogP contribution in [-0.4, -0.2) is 57.6 Å². The van der Waals surface area contributed by atoms with Crippen LogP contribution >= 0.6 is 0 Å². The molecule has 0 radical (unpaired) electrons. The average Bonchev–Trinajstić information content (AvgIpc) is 2.47. The van der Waals surface area contributed by atoms with Crippen molar-refractivity contribution in [3.8, 4) is 0 Å². The maximum atomic E-state index is 11.2. The van der Waals surface area contributed by atoms with E-state index in [-0.39, 0.29) is 5.69 Å². The van der Waals surface area contributed by atoms with E-state index in [0.717, 1.165) is 0 Å². The van der Waals surface area contributed by atoms with E-state index in [2.05, 4.69) is 4.98 Å². The summed E-state index contributed by atoms with van der Waals surface area (Å²) < 4.78 is 0. The van der Waals surface area contributed by atoms with Crippen molar-refractivity contribution in [1.29, 1.82) is 0 Å². The molecule has 1 aromatic rings. The minimum Gasteiger partial charge on any atom is -0.480 e. The Bertz CT molecular complexity index is 536. The second kappa shape index (κ2) is 5.65. The summed E-state index contributed by atoms with van der Waals surface area (Å²) in [5.74, 6) is -0.169. The standard InChI is InChI=1S/C13H18N4O4/c1-13(2,12(18)19)16-7-5-15(6-8-16)11-4-3-10(9-14-11)17(20)21/h3-4,9H,5-8H2,1-2H3,(H,18,19). The molecule has 0 unspecified atom stereocenters. The molecule has 0 amide bonds. The smallest absolute Gasteiger partial charge is 0.323 e. The Hall–Kier alpha value is -2.22. The van der Waals surface area contributed by atoms with Crippen LogP contribution in [0.5, 0.6) is 0 Å². The molecule has 1 aromatic heterocycles. The van der Waals surface area contributed by atoms with E-state index in [1.807, 2.05) is 9.80 Å². The predicted octanol–water partition coefficient (Wildman–Crippen LogP) is 0.975. The molecule has 0 aliphatic carbocycles. The number of aromatic nitrogens is 1. The Morgan fingerprint density at radius 2 is 1.95 bits per heavy atom. The summed E-state index contributed by atoms with van der Waals surface area (Å²) in [4.78, 5) is 29.4. The van der Waals surface area contributed by atoms with Crippen molar-refractivity contribution in [2.75, 3.05) is 31.1 Å². The topological polar surface area (TPSA) is 99.8 Å². The molecule has 0 spiro atoms. The van der Waals surface area contributed by atoms with Crippen molar-refractivity contribution in [3.63, 3.8) is 0 Å². The highest BCUT2D eigenvalue weighted by molar-refractivity contribution is 5.77. The number of hydrogen-bond acceptors (Lipinski definition) is 6. The molecule has 0 aromatic carbocycles. The van der Waals surface area contributed by atoms with Crippen LogP contribution < -0.4 is 4.90 Å². The lowest BCUT2D eigenvalue weighted by Gasteiger charge is -2.41. The second-order valence-corrected chi connectivity index (χ2v) is 5.47. The lowest BCUT2D eigenvalue weighted by atomic mass is 10.0. The molecule has 0 saturated carbocycles. The van der Waals surface area contributed by atoms with Crippen LogP contribution in [0.25, 0.3) is 0 Å². The predicted molar refractivity (Wildman–Crippen MR) is 76.4 cm³/mol. The van der Waals surface area contributed by atoms with Gasteiger partial charge in [-0.2, -0.15) is 0 Å². The van der Waals surface area contributed by atoms with Gasteiger partial charge in [-0.15, -0.1) is 0 Å². The van der Waals surface area contributed by atoms with Crippen molar-refractivity contribution < 1.29 is 14.8 Å². The molecular formula is C13H18N4O4. The summed E-state index contributed by atoms with van der Waals surface area (Å²) in [6, 6.07) is 3.05. The van der Waals surface area contributed by atoms with Crippen LogP contribution in [0.3, 0.4) is 0 Å². The molecule has 21 heavy (non-hydrogen) atoms. The van der Waals surface area contributed by atoms with Gasteiger partial charge >= 0.3 is 5.97 Å². The molecule has 114 valence electrons. The molecule has 0 bridgehead atoms. The minimum absolute atomic E-state index is 0.0376. The number of piperazine rings is 1. The first-order valence-corrected chi connectivity index (χ1v) is 6.66. The van der Waals surface area contributed by atoms with Gasteiger partial charge in [0.05, 0.1) is 4.92 Å². The van der Waals surface area contributed by atoms with E-state index in [9.17, 15) is 20.0 Å². The van der Waals surface area contributed by atoms with E-state index in [1.54, 1.807) is 19.9 Å². The zero-order valence-corrected chi connectivity index (χ0v) is 12.0. The van der Waals surface area contributed by atoms with Gasteiger partial charge in [-0.3, -0.25) is 19.8 Å².